The fourth-order valence-electron chi connectivity index (χ4n) is 2.27. The quantitative estimate of drug-likeness (QED) is 0.695. The molecule has 1 atom stereocenters. The molecule has 3 rings (SSSR count). The number of fused-ring (bicyclic) bond motifs is 1. The van der Waals surface area contributed by atoms with Crippen molar-refractivity contribution in [1.82, 2.24) is 19.7 Å². The highest BCUT2D eigenvalue weighted by Gasteiger charge is 2.18. The molecule has 0 spiro atoms. The Labute approximate surface area is 126 Å². The van der Waals surface area contributed by atoms with Crippen molar-refractivity contribution in [3.63, 3.8) is 0 Å². The van der Waals surface area contributed by atoms with Gasteiger partial charge in [0.1, 0.15) is 17.4 Å². The minimum Gasteiger partial charge on any atom is -0.340 e. The van der Waals surface area contributed by atoms with E-state index >= 15 is 0 Å². The first-order valence-corrected chi connectivity index (χ1v) is 6.86. The zero-order chi connectivity index (χ0) is 15.0. The van der Waals surface area contributed by atoms with E-state index in [1.54, 1.807) is 13.0 Å². The Balaban J connectivity index is 2.19. The van der Waals surface area contributed by atoms with Gasteiger partial charge in [-0.3, -0.25) is 0 Å². The fourth-order valence-corrected chi connectivity index (χ4v) is 2.44. The van der Waals surface area contributed by atoms with E-state index < -0.39 is 0 Å². The molecule has 0 N–H and O–H groups in total. The van der Waals surface area contributed by atoms with Gasteiger partial charge in [0.15, 0.2) is 5.82 Å². The van der Waals surface area contributed by atoms with Crippen molar-refractivity contribution in [3.8, 4) is 6.07 Å². The summed E-state index contributed by atoms with van der Waals surface area (Å²) >= 11 is 6.22. The smallest absolute Gasteiger partial charge is 0.223 e. The maximum Gasteiger partial charge on any atom is 0.223 e. The largest absolute Gasteiger partial charge is 0.340 e. The van der Waals surface area contributed by atoms with Crippen molar-refractivity contribution in [1.29, 1.82) is 5.26 Å². The molecule has 2 heterocycles. The number of hydrogen-bond donors (Lipinski definition) is 0. The van der Waals surface area contributed by atoms with Crippen molar-refractivity contribution >= 4 is 22.6 Å². The van der Waals surface area contributed by atoms with Gasteiger partial charge in [0.25, 0.3) is 0 Å². The van der Waals surface area contributed by atoms with Crippen LogP contribution in [0.25, 0.3) is 11.0 Å². The van der Waals surface area contributed by atoms with Crippen LogP contribution in [0.1, 0.15) is 35.4 Å². The molecule has 0 aliphatic rings. The van der Waals surface area contributed by atoms with E-state index in [1.165, 1.54) is 0 Å². The van der Waals surface area contributed by atoms with Crippen LogP contribution < -0.4 is 0 Å². The van der Waals surface area contributed by atoms with Crippen molar-refractivity contribution in [2.24, 2.45) is 0 Å². The lowest BCUT2D eigenvalue weighted by Crippen LogP contribution is -2.07. The molecule has 7 heteroatoms. The number of alkyl halides is 1. The third-order valence-electron chi connectivity index (χ3n) is 3.15. The van der Waals surface area contributed by atoms with Crippen LogP contribution in [-0.2, 0) is 6.54 Å². The first kappa shape index (κ1) is 13.6. The van der Waals surface area contributed by atoms with Gasteiger partial charge in [0.2, 0.25) is 5.89 Å². The fraction of sp³-hybridized carbons (Fsp3) is 0.286. The SMILES string of the molecule is Cc1nc(Cn2c(C(C)Cl)nc3c(C#N)cccc32)no1. The van der Waals surface area contributed by atoms with Gasteiger partial charge in [-0.15, -0.1) is 11.6 Å². The van der Waals surface area contributed by atoms with E-state index in [4.69, 9.17) is 16.1 Å². The molecule has 106 valence electrons. The molecule has 0 amide bonds. The summed E-state index contributed by atoms with van der Waals surface area (Å²) in [4.78, 5) is 8.71. The molecule has 0 fully saturated rings. The average molecular weight is 302 g/mol. The van der Waals surface area contributed by atoms with Crippen LogP contribution in [0.5, 0.6) is 0 Å². The summed E-state index contributed by atoms with van der Waals surface area (Å²) in [6.07, 6.45) is 0. The lowest BCUT2D eigenvalue weighted by molar-refractivity contribution is 0.386. The monoisotopic (exact) mass is 301 g/mol. The minimum absolute atomic E-state index is 0.294. The van der Waals surface area contributed by atoms with Crippen LogP contribution in [-0.4, -0.2) is 19.7 Å². The van der Waals surface area contributed by atoms with Gasteiger partial charge < -0.3 is 9.09 Å². The van der Waals surface area contributed by atoms with Gasteiger partial charge in [-0.25, -0.2) is 4.98 Å². The van der Waals surface area contributed by atoms with Crippen LogP contribution in [0.4, 0.5) is 0 Å². The summed E-state index contributed by atoms with van der Waals surface area (Å²) in [6, 6.07) is 7.61. The third-order valence-corrected chi connectivity index (χ3v) is 3.35. The number of halogens is 1. The molecule has 0 aliphatic heterocycles. The Morgan fingerprint density at radius 2 is 2.24 bits per heavy atom. The first-order valence-electron chi connectivity index (χ1n) is 6.42. The van der Waals surface area contributed by atoms with Crippen LogP contribution in [0.2, 0.25) is 0 Å². The van der Waals surface area contributed by atoms with E-state index in [9.17, 15) is 5.26 Å². The summed E-state index contributed by atoms with van der Waals surface area (Å²) in [5.74, 6) is 1.73. The van der Waals surface area contributed by atoms with Gasteiger partial charge >= 0.3 is 0 Å². The molecule has 0 bridgehead atoms. The molecule has 1 aromatic carbocycles. The number of nitriles is 1. The molecule has 3 aromatic rings. The minimum atomic E-state index is -0.294. The van der Waals surface area contributed by atoms with Crippen molar-refractivity contribution in [2.75, 3.05) is 0 Å². The number of imidazole rings is 1. The standard InChI is InChI=1S/C14H12ClN5O/c1-8(15)14-18-13-10(6-16)4-3-5-11(13)20(14)7-12-17-9(2)21-19-12/h3-5,8H,7H2,1-2H3. The van der Waals surface area contributed by atoms with Crippen LogP contribution in [0.15, 0.2) is 22.7 Å². The van der Waals surface area contributed by atoms with Gasteiger partial charge in [0, 0.05) is 6.92 Å². The van der Waals surface area contributed by atoms with Crippen LogP contribution in [0, 0.1) is 18.3 Å². The Hall–Kier alpha value is -2.39. The van der Waals surface area contributed by atoms with Gasteiger partial charge in [0.05, 0.1) is 23.0 Å². The van der Waals surface area contributed by atoms with E-state index in [0.29, 0.717) is 35.2 Å². The Morgan fingerprint density at radius 3 is 2.86 bits per heavy atom. The van der Waals surface area contributed by atoms with E-state index in [2.05, 4.69) is 21.2 Å². The average Bonchev–Trinajstić information content (AvgIpc) is 3.03. The third kappa shape index (κ3) is 2.36. The Kier molecular flexibility index (Phi) is 3.35. The highest BCUT2D eigenvalue weighted by Crippen LogP contribution is 2.26. The highest BCUT2D eigenvalue weighted by atomic mass is 35.5. The topological polar surface area (TPSA) is 80.5 Å². The Bertz CT molecular complexity index is 843. The second kappa shape index (κ2) is 5.19. The van der Waals surface area contributed by atoms with Gasteiger partial charge in [-0.05, 0) is 19.1 Å². The van der Waals surface area contributed by atoms with Gasteiger partial charge in [-0.1, -0.05) is 11.2 Å². The van der Waals surface area contributed by atoms with Crippen LogP contribution in [0.3, 0.4) is 0 Å². The van der Waals surface area contributed by atoms with E-state index in [1.807, 2.05) is 23.6 Å². The number of para-hydroxylation sites is 1. The predicted molar refractivity (Wildman–Crippen MR) is 76.9 cm³/mol. The summed E-state index contributed by atoms with van der Waals surface area (Å²) in [7, 11) is 0. The highest BCUT2D eigenvalue weighted by molar-refractivity contribution is 6.20. The van der Waals surface area contributed by atoms with Gasteiger partial charge in [-0.2, -0.15) is 10.2 Å². The summed E-state index contributed by atoms with van der Waals surface area (Å²) in [6.45, 7) is 3.98. The lowest BCUT2D eigenvalue weighted by Gasteiger charge is -2.07. The molecule has 0 aliphatic carbocycles. The molecule has 21 heavy (non-hydrogen) atoms. The van der Waals surface area contributed by atoms with E-state index in [0.717, 1.165) is 5.52 Å². The zero-order valence-corrected chi connectivity index (χ0v) is 12.3. The Morgan fingerprint density at radius 1 is 1.43 bits per heavy atom. The summed E-state index contributed by atoms with van der Waals surface area (Å²) in [5, 5.41) is 12.8. The number of benzene rings is 1. The number of rotatable bonds is 3. The lowest BCUT2D eigenvalue weighted by atomic mass is 10.2. The molecule has 2 aromatic heterocycles. The molecule has 0 saturated carbocycles. The maximum absolute atomic E-state index is 9.20. The first-order chi connectivity index (χ1) is 10.1. The number of hydrogen-bond acceptors (Lipinski definition) is 5. The predicted octanol–water partition coefficient (Wildman–Crippen LogP) is 2.95. The number of aromatic nitrogens is 4. The molecule has 1 unspecified atom stereocenters. The normalized spacial score (nSPS) is 12.5. The molecular formula is C14H12ClN5O. The van der Waals surface area contributed by atoms with Crippen LogP contribution >= 0.6 is 11.6 Å². The van der Waals surface area contributed by atoms with Crippen molar-refractivity contribution in [3.05, 3.63) is 41.3 Å². The molecule has 0 saturated heterocycles. The summed E-state index contributed by atoms with van der Waals surface area (Å²) in [5.41, 5.74) is 2.00. The second-order valence-corrected chi connectivity index (χ2v) is 5.34. The molecular weight excluding hydrogens is 290 g/mol. The second-order valence-electron chi connectivity index (χ2n) is 4.69. The summed E-state index contributed by atoms with van der Waals surface area (Å²) < 4.78 is 6.91. The van der Waals surface area contributed by atoms with Crippen molar-refractivity contribution < 1.29 is 4.52 Å². The molecule has 0 radical (unpaired) electrons. The molecule has 6 nitrogen and oxygen atoms in total. The maximum atomic E-state index is 9.20. The zero-order valence-electron chi connectivity index (χ0n) is 11.5. The number of aryl methyl sites for hydroxylation is 1. The van der Waals surface area contributed by atoms with Crippen molar-refractivity contribution in [2.45, 2.75) is 25.8 Å². The van der Waals surface area contributed by atoms with E-state index in [-0.39, 0.29) is 5.38 Å². The number of nitrogens with zero attached hydrogens (tertiary/aromatic N) is 5.